The maximum Gasteiger partial charge on any atom is 0.305 e. The molecule has 1 atom stereocenters. The number of hydrogen-bond acceptors (Lipinski definition) is 7. The first-order valence-electron chi connectivity index (χ1n) is 12.5. The highest BCUT2D eigenvalue weighted by molar-refractivity contribution is 7.91. The lowest BCUT2D eigenvalue weighted by atomic mass is 10.1. The van der Waals surface area contributed by atoms with Crippen LogP contribution in [0.15, 0.2) is 71.6 Å². The summed E-state index contributed by atoms with van der Waals surface area (Å²) in [6, 6.07) is 18.5. The van der Waals surface area contributed by atoms with Gasteiger partial charge in [0.25, 0.3) is 0 Å². The number of carbonyl (C=O) groups is 1. The smallest absolute Gasteiger partial charge is 0.305 e. The second-order valence-corrected chi connectivity index (χ2v) is 11.3. The Morgan fingerprint density at radius 2 is 1.55 bits per heavy atom. The van der Waals surface area contributed by atoms with E-state index in [1.165, 1.54) is 38.5 Å². The van der Waals surface area contributed by atoms with Crippen LogP contribution in [0.5, 0.6) is 23.0 Å². The van der Waals surface area contributed by atoms with Crippen LogP contribution in [0.3, 0.4) is 0 Å². The van der Waals surface area contributed by atoms with Crippen LogP contribution in [0.2, 0.25) is 0 Å². The molecule has 3 aromatic carbocycles. The average Bonchev–Trinajstić information content (AvgIpc) is 3.44. The number of rotatable bonds is 12. The average molecular weight is 541 g/mol. The lowest BCUT2D eigenvalue weighted by molar-refractivity contribution is -0.137. The van der Waals surface area contributed by atoms with E-state index in [-0.39, 0.29) is 23.2 Å². The largest absolute Gasteiger partial charge is 0.493 e. The van der Waals surface area contributed by atoms with E-state index in [0.717, 1.165) is 31.2 Å². The Labute approximate surface area is 223 Å². The second kappa shape index (κ2) is 12.2. The third kappa shape index (κ3) is 6.39. The minimum absolute atomic E-state index is 0.0115. The topological polar surface area (TPSA) is 108 Å². The van der Waals surface area contributed by atoms with E-state index in [1.54, 1.807) is 12.1 Å². The maximum absolute atomic E-state index is 13.9. The molecule has 8 nitrogen and oxygen atoms in total. The molecule has 1 unspecified atom stereocenters. The van der Waals surface area contributed by atoms with Crippen molar-refractivity contribution in [2.45, 2.75) is 55.0 Å². The molecule has 38 heavy (non-hydrogen) atoms. The number of aliphatic carboxylic acids is 1. The van der Waals surface area contributed by atoms with E-state index in [0.29, 0.717) is 23.0 Å². The third-order valence-corrected chi connectivity index (χ3v) is 8.69. The fraction of sp³-hybridized carbons (Fsp3) is 0.345. The molecule has 9 heteroatoms. The molecule has 0 aromatic heterocycles. The second-order valence-electron chi connectivity index (χ2n) is 9.15. The monoisotopic (exact) mass is 540 g/mol. The van der Waals surface area contributed by atoms with E-state index in [1.807, 2.05) is 30.3 Å². The molecule has 1 aliphatic rings. The van der Waals surface area contributed by atoms with E-state index in [4.69, 9.17) is 18.9 Å². The van der Waals surface area contributed by atoms with Gasteiger partial charge in [-0.15, -0.1) is 0 Å². The molecule has 0 amide bonds. The molecule has 202 valence electrons. The number of sulfone groups is 1. The van der Waals surface area contributed by atoms with E-state index >= 15 is 0 Å². The van der Waals surface area contributed by atoms with Crippen molar-refractivity contribution >= 4 is 15.8 Å². The summed E-state index contributed by atoms with van der Waals surface area (Å²) < 4.78 is 50.6. The van der Waals surface area contributed by atoms with Crippen molar-refractivity contribution in [2.75, 3.05) is 14.2 Å². The molecule has 3 aromatic rings. The molecule has 4 rings (SSSR count). The zero-order valence-electron chi connectivity index (χ0n) is 21.5. The molecule has 1 aliphatic carbocycles. The van der Waals surface area contributed by atoms with Gasteiger partial charge in [0.05, 0.1) is 31.6 Å². The number of ether oxygens (including phenoxy) is 4. The number of hydrogen-bond donors (Lipinski definition) is 1. The highest BCUT2D eigenvalue weighted by atomic mass is 32.2. The Morgan fingerprint density at radius 3 is 2.21 bits per heavy atom. The summed E-state index contributed by atoms with van der Waals surface area (Å²) >= 11 is 0. The fourth-order valence-corrected chi connectivity index (χ4v) is 6.31. The van der Waals surface area contributed by atoms with Gasteiger partial charge in [0.1, 0.15) is 11.9 Å². The first-order chi connectivity index (χ1) is 18.3. The van der Waals surface area contributed by atoms with Crippen LogP contribution in [-0.2, 0) is 21.2 Å². The van der Waals surface area contributed by atoms with Gasteiger partial charge in [-0.05, 0) is 61.1 Å². The van der Waals surface area contributed by atoms with E-state index < -0.39 is 27.5 Å². The van der Waals surface area contributed by atoms with Crippen molar-refractivity contribution in [3.05, 3.63) is 77.9 Å². The summed E-state index contributed by atoms with van der Waals surface area (Å²) in [6.07, 6.45) is 3.24. The Bertz CT molecular complexity index is 1350. The zero-order chi connectivity index (χ0) is 27.1. The van der Waals surface area contributed by atoms with Crippen LogP contribution >= 0.6 is 0 Å². The van der Waals surface area contributed by atoms with Gasteiger partial charge in [0.2, 0.25) is 0 Å². The predicted molar refractivity (Wildman–Crippen MR) is 142 cm³/mol. The first kappa shape index (κ1) is 27.3. The first-order valence-corrected chi connectivity index (χ1v) is 14.0. The predicted octanol–water partition coefficient (Wildman–Crippen LogP) is 5.59. The molecule has 0 saturated heterocycles. The fourth-order valence-electron chi connectivity index (χ4n) is 4.58. The summed E-state index contributed by atoms with van der Waals surface area (Å²) in [6.45, 7) is 0.233. The Kier molecular flexibility index (Phi) is 8.78. The van der Waals surface area contributed by atoms with Crippen molar-refractivity contribution in [2.24, 2.45) is 0 Å². The lowest BCUT2D eigenvalue weighted by Crippen LogP contribution is -2.18. The number of methoxy groups -OCH3 is 2. The van der Waals surface area contributed by atoms with Crippen molar-refractivity contribution in [1.29, 1.82) is 0 Å². The molecule has 0 bridgehead atoms. The van der Waals surface area contributed by atoms with Gasteiger partial charge in [0, 0.05) is 6.07 Å². The third-order valence-electron chi connectivity index (χ3n) is 6.59. The molecule has 1 saturated carbocycles. The van der Waals surface area contributed by atoms with Gasteiger partial charge in [-0.25, -0.2) is 8.42 Å². The summed E-state index contributed by atoms with van der Waals surface area (Å²) in [7, 11) is -1.17. The van der Waals surface area contributed by atoms with E-state index in [2.05, 4.69) is 0 Å². The van der Waals surface area contributed by atoms with E-state index in [9.17, 15) is 18.3 Å². The molecule has 0 spiro atoms. The number of benzene rings is 3. The molecule has 0 aliphatic heterocycles. The number of carboxylic acids is 1. The quantitative estimate of drug-likeness (QED) is 0.317. The van der Waals surface area contributed by atoms with Gasteiger partial charge in [-0.1, -0.05) is 36.4 Å². The van der Waals surface area contributed by atoms with Crippen molar-refractivity contribution in [3.8, 4) is 23.0 Å². The number of carboxylic acid groups (broad SMARTS) is 1. The highest BCUT2D eigenvalue weighted by Gasteiger charge is 2.33. The lowest BCUT2D eigenvalue weighted by Gasteiger charge is -2.21. The molecular formula is C29H32O8S. The van der Waals surface area contributed by atoms with Gasteiger partial charge in [-0.3, -0.25) is 4.79 Å². The zero-order valence-corrected chi connectivity index (χ0v) is 22.3. The molecular weight excluding hydrogens is 508 g/mol. The maximum atomic E-state index is 13.9. The summed E-state index contributed by atoms with van der Waals surface area (Å²) in [5, 5.41) is 8.28. The van der Waals surface area contributed by atoms with Gasteiger partial charge < -0.3 is 24.1 Å². The Morgan fingerprint density at radius 1 is 0.895 bits per heavy atom. The molecule has 0 heterocycles. The van der Waals surface area contributed by atoms with Crippen LogP contribution in [0.4, 0.5) is 0 Å². The van der Waals surface area contributed by atoms with Gasteiger partial charge in [-0.2, -0.15) is 0 Å². The van der Waals surface area contributed by atoms with Crippen LogP contribution < -0.4 is 18.9 Å². The van der Waals surface area contributed by atoms with Gasteiger partial charge >= 0.3 is 5.97 Å². The summed E-state index contributed by atoms with van der Waals surface area (Å²) in [5.41, 5.74) is 1.20. The van der Waals surface area contributed by atoms with Crippen LogP contribution in [0.25, 0.3) is 0 Å². The molecule has 1 fully saturated rings. The van der Waals surface area contributed by atoms with Crippen LogP contribution in [0, 0.1) is 0 Å². The Balaban J connectivity index is 1.69. The minimum Gasteiger partial charge on any atom is -0.493 e. The van der Waals surface area contributed by atoms with Crippen molar-refractivity contribution in [1.82, 2.24) is 0 Å². The molecule has 0 radical (unpaired) electrons. The molecule has 1 N–H and O–H groups in total. The highest BCUT2D eigenvalue weighted by Crippen LogP contribution is 2.40. The van der Waals surface area contributed by atoms with Crippen LogP contribution in [-0.4, -0.2) is 39.8 Å². The standard InChI is InChI=1S/C29H32O8S/c1-34-24-14-12-21(16-26(24)36-19-20-8-4-3-5-9-20)28(18-29(30)31)38(32,33)23-13-15-25(35-2)27(17-23)37-22-10-6-7-11-22/h3-5,8-9,12-17,22,28H,6-7,10-11,18-19H2,1-2H3,(H,30,31). The van der Waals surface area contributed by atoms with Gasteiger partial charge in [0.15, 0.2) is 32.8 Å². The minimum atomic E-state index is -4.15. The normalized spacial score (nSPS) is 14.6. The van der Waals surface area contributed by atoms with Crippen molar-refractivity contribution in [3.63, 3.8) is 0 Å². The van der Waals surface area contributed by atoms with Crippen LogP contribution in [0.1, 0.15) is 48.5 Å². The van der Waals surface area contributed by atoms with Crippen molar-refractivity contribution < 1.29 is 37.3 Å². The SMILES string of the molecule is COc1ccc(C(CC(=O)O)S(=O)(=O)c2ccc(OC)c(OC3CCCC3)c2)cc1OCc1ccccc1. The Hall–Kier alpha value is -3.72. The summed E-state index contributed by atoms with van der Waals surface area (Å²) in [5.74, 6) is 0.243. The summed E-state index contributed by atoms with van der Waals surface area (Å²) in [4.78, 5) is 11.8.